The first kappa shape index (κ1) is 19.6. The zero-order chi connectivity index (χ0) is 18.6. The molecule has 0 aliphatic rings. The first-order valence-electron chi connectivity index (χ1n) is 8.84. The zero-order valence-electron chi connectivity index (χ0n) is 15.7. The van der Waals surface area contributed by atoms with Gasteiger partial charge in [0, 0.05) is 19.8 Å². The van der Waals surface area contributed by atoms with Crippen LogP contribution in [0.2, 0.25) is 0 Å². The van der Waals surface area contributed by atoms with E-state index in [-0.39, 0.29) is 0 Å². The second kappa shape index (κ2) is 11.0. The van der Waals surface area contributed by atoms with Gasteiger partial charge in [-0.15, -0.1) is 0 Å². The van der Waals surface area contributed by atoms with Crippen molar-refractivity contribution < 1.29 is 9.47 Å². The summed E-state index contributed by atoms with van der Waals surface area (Å²) in [4.78, 5) is 8.25. The largest absolute Gasteiger partial charge is 0.497 e. The lowest BCUT2D eigenvalue weighted by atomic mass is 9.98. The summed E-state index contributed by atoms with van der Waals surface area (Å²) in [5, 5.41) is 6.58. The summed E-state index contributed by atoms with van der Waals surface area (Å²) in [6.07, 6.45) is 4.44. The molecular formula is C20H28N4O2. The van der Waals surface area contributed by atoms with Gasteiger partial charge in [0.1, 0.15) is 18.1 Å². The Balaban J connectivity index is 1.64. The van der Waals surface area contributed by atoms with Gasteiger partial charge in [-0.25, -0.2) is 0 Å². The lowest BCUT2D eigenvalue weighted by Gasteiger charge is -2.15. The molecule has 0 fully saturated rings. The molecular weight excluding hydrogens is 328 g/mol. The molecule has 0 saturated heterocycles. The van der Waals surface area contributed by atoms with Crippen LogP contribution in [0, 0.1) is 0 Å². The highest BCUT2D eigenvalue weighted by atomic mass is 16.5. The van der Waals surface area contributed by atoms with Crippen molar-refractivity contribution >= 4 is 5.96 Å². The number of guanidine groups is 1. The van der Waals surface area contributed by atoms with Crippen LogP contribution in [0.3, 0.4) is 0 Å². The third-order valence-corrected chi connectivity index (χ3v) is 4.08. The normalized spacial score (nSPS) is 12.3. The molecule has 0 aliphatic heterocycles. The van der Waals surface area contributed by atoms with Gasteiger partial charge in [0.25, 0.3) is 0 Å². The highest BCUT2D eigenvalue weighted by Gasteiger charge is 2.06. The quantitative estimate of drug-likeness (QED) is 0.411. The fraction of sp³-hybridized carbons (Fsp3) is 0.400. The van der Waals surface area contributed by atoms with Gasteiger partial charge < -0.3 is 20.1 Å². The maximum Gasteiger partial charge on any atom is 0.191 e. The topological polar surface area (TPSA) is 67.8 Å². The third kappa shape index (κ3) is 6.63. The summed E-state index contributed by atoms with van der Waals surface area (Å²) < 4.78 is 10.8. The van der Waals surface area contributed by atoms with Crippen LogP contribution >= 0.6 is 0 Å². The van der Waals surface area contributed by atoms with Crippen LogP contribution in [0.1, 0.15) is 24.8 Å². The Kier molecular flexibility index (Phi) is 8.26. The summed E-state index contributed by atoms with van der Waals surface area (Å²) in [7, 11) is 3.45. The third-order valence-electron chi connectivity index (χ3n) is 4.08. The van der Waals surface area contributed by atoms with E-state index < -0.39 is 0 Å². The van der Waals surface area contributed by atoms with Crippen LogP contribution in [0.4, 0.5) is 0 Å². The minimum atomic E-state index is 0.459. The molecule has 2 aromatic rings. The predicted octanol–water partition coefficient (Wildman–Crippen LogP) is 2.83. The summed E-state index contributed by atoms with van der Waals surface area (Å²) in [6, 6.07) is 12.0. The van der Waals surface area contributed by atoms with Crippen molar-refractivity contribution in [3.63, 3.8) is 0 Å². The highest BCUT2D eigenvalue weighted by Crippen LogP contribution is 2.21. The molecule has 0 spiro atoms. The maximum absolute atomic E-state index is 5.60. The Morgan fingerprint density at radius 1 is 1.12 bits per heavy atom. The lowest BCUT2D eigenvalue weighted by molar-refractivity contribution is 0.320. The van der Waals surface area contributed by atoms with E-state index in [2.05, 4.69) is 39.7 Å². The molecule has 0 aliphatic carbocycles. The maximum atomic E-state index is 5.60. The van der Waals surface area contributed by atoms with E-state index >= 15 is 0 Å². The first-order valence-corrected chi connectivity index (χ1v) is 8.84. The van der Waals surface area contributed by atoms with Gasteiger partial charge in [0.15, 0.2) is 5.96 Å². The Bertz CT molecular complexity index is 659. The molecule has 2 N–H and O–H groups in total. The monoisotopic (exact) mass is 356 g/mol. The van der Waals surface area contributed by atoms with Crippen molar-refractivity contribution in [3.05, 3.63) is 54.4 Å². The minimum Gasteiger partial charge on any atom is -0.497 e. The molecule has 1 atom stereocenters. The molecule has 0 bridgehead atoms. The highest BCUT2D eigenvalue weighted by molar-refractivity contribution is 5.79. The molecule has 1 unspecified atom stereocenters. The van der Waals surface area contributed by atoms with Gasteiger partial charge >= 0.3 is 0 Å². The van der Waals surface area contributed by atoms with Gasteiger partial charge in [-0.1, -0.05) is 19.1 Å². The Morgan fingerprint density at radius 2 is 1.88 bits per heavy atom. The Labute approximate surface area is 155 Å². The van der Waals surface area contributed by atoms with Crippen LogP contribution < -0.4 is 20.1 Å². The molecule has 1 aromatic heterocycles. The smallest absolute Gasteiger partial charge is 0.191 e. The average Bonchev–Trinajstić information content (AvgIpc) is 2.70. The lowest BCUT2D eigenvalue weighted by Crippen LogP contribution is -2.39. The van der Waals surface area contributed by atoms with Crippen LogP contribution in [0.25, 0.3) is 0 Å². The summed E-state index contributed by atoms with van der Waals surface area (Å²) in [5.74, 6) is 2.89. The second-order valence-corrected chi connectivity index (χ2v) is 5.93. The number of pyridine rings is 1. The van der Waals surface area contributed by atoms with Crippen molar-refractivity contribution in [3.8, 4) is 11.5 Å². The second-order valence-electron chi connectivity index (χ2n) is 5.93. The van der Waals surface area contributed by atoms with Crippen LogP contribution in [-0.4, -0.2) is 44.8 Å². The fourth-order valence-electron chi connectivity index (χ4n) is 2.50. The van der Waals surface area contributed by atoms with Gasteiger partial charge in [-0.05, 0) is 42.2 Å². The van der Waals surface area contributed by atoms with Crippen LogP contribution in [-0.2, 0) is 0 Å². The molecule has 0 saturated carbocycles. The van der Waals surface area contributed by atoms with Crippen molar-refractivity contribution in [2.75, 3.05) is 33.9 Å². The predicted molar refractivity (Wildman–Crippen MR) is 105 cm³/mol. The van der Waals surface area contributed by atoms with Crippen molar-refractivity contribution in [2.45, 2.75) is 19.3 Å². The average molecular weight is 356 g/mol. The molecule has 26 heavy (non-hydrogen) atoms. The number of rotatable bonds is 9. The molecule has 0 amide bonds. The number of nitrogens with one attached hydrogen (secondary N) is 2. The number of benzene rings is 1. The van der Waals surface area contributed by atoms with E-state index in [0.717, 1.165) is 30.4 Å². The minimum absolute atomic E-state index is 0.459. The molecule has 2 rings (SSSR count). The van der Waals surface area contributed by atoms with E-state index in [1.54, 1.807) is 26.6 Å². The number of aliphatic imine (C=N–C) groups is 1. The fourth-order valence-corrected chi connectivity index (χ4v) is 2.50. The number of nitrogens with zero attached hydrogens (tertiary/aromatic N) is 2. The Hall–Kier alpha value is -2.76. The van der Waals surface area contributed by atoms with Crippen molar-refractivity contribution in [2.24, 2.45) is 4.99 Å². The summed E-state index contributed by atoms with van der Waals surface area (Å²) in [5.41, 5.74) is 1.31. The van der Waals surface area contributed by atoms with Gasteiger partial charge in [0.2, 0.25) is 0 Å². The summed E-state index contributed by atoms with van der Waals surface area (Å²) >= 11 is 0. The number of methoxy groups -OCH3 is 1. The van der Waals surface area contributed by atoms with Gasteiger partial charge in [-0.3, -0.25) is 9.98 Å². The Morgan fingerprint density at radius 3 is 2.54 bits per heavy atom. The van der Waals surface area contributed by atoms with E-state index in [1.165, 1.54) is 5.56 Å². The molecule has 1 aromatic carbocycles. The molecule has 6 nitrogen and oxygen atoms in total. The van der Waals surface area contributed by atoms with E-state index in [4.69, 9.17) is 9.47 Å². The SMILES string of the molecule is CN=C(NCCOc1cccnc1)NCCC(C)c1ccc(OC)cc1. The zero-order valence-corrected chi connectivity index (χ0v) is 15.7. The van der Waals surface area contributed by atoms with Crippen molar-refractivity contribution in [1.82, 2.24) is 15.6 Å². The first-order chi connectivity index (χ1) is 12.7. The number of ether oxygens (including phenoxy) is 2. The van der Waals surface area contributed by atoms with Crippen LogP contribution in [0.15, 0.2) is 53.8 Å². The van der Waals surface area contributed by atoms with Crippen molar-refractivity contribution in [1.29, 1.82) is 0 Å². The van der Waals surface area contributed by atoms with Gasteiger partial charge in [-0.2, -0.15) is 0 Å². The standard InChI is InChI=1S/C20H28N4O2/c1-16(17-6-8-18(25-3)9-7-17)10-12-23-20(21-2)24-13-14-26-19-5-4-11-22-15-19/h4-9,11,15-16H,10,12-14H2,1-3H3,(H2,21,23,24). The number of hydrogen-bond donors (Lipinski definition) is 2. The van der Waals surface area contributed by atoms with E-state index in [0.29, 0.717) is 19.1 Å². The molecule has 6 heteroatoms. The van der Waals surface area contributed by atoms with Crippen LogP contribution in [0.5, 0.6) is 11.5 Å². The van der Waals surface area contributed by atoms with Gasteiger partial charge in [0.05, 0.1) is 19.9 Å². The molecule has 1 heterocycles. The molecule has 0 radical (unpaired) electrons. The molecule has 140 valence electrons. The van der Waals surface area contributed by atoms with E-state index in [9.17, 15) is 0 Å². The number of hydrogen-bond acceptors (Lipinski definition) is 4. The number of aromatic nitrogens is 1. The summed E-state index contributed by atoms with van der Waals surface area (Å²) in [6.45, 7) is 4.29. The van der Waals surface area contributed by atoms with E-state index in [1.807, 2.05) is 24.3 Å².